The van der Waals surface area contributed by atoms with Crippen LogP contribution in [0.4, 0.5) is 23.2 Å². The largest absolute Gasteiger partial charge is 0.486 e. The van der Waals surface area contributed by atoms with Crippen LogP contribution in [-0.4, -0.2) is 17.0 Å². The van der Waals surface area contributed by atoms with Gasteiger partial charge >= 0.3 is 5.97 Å². The SMILES string of the molecule is Cc1cc(NC(=O)c2c(F)c(F)c(F)c(F)c2C(=O)O)ccc1OC(C)c1ccccc1. The van der Waals surface area contributed by atoms with Crippen LogP contribution in [-0.2, 0) is 0 Å². The van der Waals surface area contributed by atoms with Crippen molar-refractivity contribution in [1.29, 1.82) is 0 Å². The molecule has 0 saturated carbocycles. The van der Waals surface area contributed by atoms with Crippen molar-refractivity contribution in [1.82, 2.24) is 0 Å². The van der Waals surface area contributed by atoms with E-state index in [1.165, 1.54) is 18.2 Å². The Labute approximate surface area is 180 Å². The van der Waals surface area contributed by atoms with E-state index in [9.17, 15) is 27.2 Å². The number of amides is 1. The second-order valence-corrected chi connectivity index (χ2v) is 6.92. The predicted octanol–water partition coefficient (Wildman–Crippen LogP) is 5.64. The summed E-state index contributed by atoms with van der Waals surface area (Å²) < 4.78 is 60.9. The van der Waals surface area contributed by atoms with Crippen molar-refractivity contribution in [3.05, 3.63) is 94.1 Å². The highest BCUT2D eigenvalue weighted by atomic mass is 19.2. The summed E-state index contributed by atoms with van der Waals surface area (Å²) in [5, 5.41) is 11.2. The molecule has 3 aromatic carbocycles. The highest BCUT2D eigenvalue weighted by molar-refractivity contribution is 6.11. The zero-order valence-corrected chi connectivity index (χ0v) is 16.9. The third kappa shape index (κ3) is 4.41. The summed E-state index contributed by atoms with van der Waals surface area (Å²) in [5.74, 6) is -12.0. The molecule has 2 N–H and O–H groups in total. The summed E-state index contributed by atoms with van der Waals surface area (Å²) in [5.41, 5.74) is -1.48. The topological polar surface area (TPSA) is 75.6 Å². The molecule has 0 spiro atoms. The van der Waals surface area contributed by atoms with E-state index in [0.29, 0.717) is 11.3 Å². The van der Waals surface area contributed by atoms with Gasteiger partial charge in [-0.15, -0.1) is 0 Å². The molecule has 5 nitrogen and oxygen atoms in total. The predicted molar refractivity (Wildman–Crippen MR) is 108 cm³/mol. The van der Waals surface area contributed by atoms with Crippen LogP contribution in [0.1, 0.15) is 44.9 Å². The molecular weight excluding hydrogens is 430 g/mol. The fraction of sp³-hybridized carbons (Fsp3) is 0.130. The lowest BCUT2D eigenvalue weighted by molar-refractivity contribution is 0.0684. The maximum absolute atomic E-state index is 14.1. The first-order chi connectivity index (χ1) is 15.1. The van der Waals surface area contributed by atoms with Crippen LogP contribution in [0.25, 0.3) is 0 Å². The number of halogens is 4. The molecule has 0 saturated heterocycles. The van der Waals surface area contributed by atoms with Crippen molar-refractivity contribution in [2.24, 2.45) is 0 Å². The zero-order chi connectivity index (χ0) is 23.6. The Morgan fingerprint density at radius 3 is 2.06 bits per heavy atom. The molecule has 32 heavy (non-hydrogen) atoms. The van der Waals surface area contributed by atoms with Crippen LogP contribution in [0.2, 0.25) is 0 Å². The van der Waals surface area contributed by atoms with Gasteiger partial charge in [0.05, 0.1) is 5.56 Å². The highest BCUT2D eigenvalue weighted by Crippen LogP contribution is 2.29. The molecule has 166 valence electrons. The van der Waals surface area contributed by atoms with Gasteiger partial charge in [-0.3, -0.25) is 4.79 Å². The van der Waals surface area contributed by atoms with Crippen LogP contribution in [0.5, 0.6) is 5.75 Å². The van der Waals surface area contributed by atoms with E-state index >= 15 is 0 Å². The zero-order valence-electron chi connectivity index (χ0n) is 16.9. The Balaban J connectivity index is 1.87. The van der Waals surface area contributed by atoms with Gasteiger partial charge in [-0.25, -0.2) is 22.4 Å². The monoisotopic (exact) mass is 447 g/mol. The van der Waals surface area contributed by atoms with Crippen LogP contribution < -0.4 is 10.1 Å². The molecule has 1 unspecified atom stereocenters. The van der Waals surface area contributed by atoms with Crippen molar-refractivity contribution in [2.75, 3.05) is 5.32 Å². The number of hydrogen-bond acceptors (Lipinski definition) is 3. The maximum Gasteiger partial charge on any atom is 0.339 e. The molecule has 0 aromatic heterocycles. The van der Waals surface area contributed by atoms with Gasteiger partial charge in [0.15, 0.2) is 23.3 Å². The number of carboxylic acids is 1. The average molecular weight is 447 g/mol. The third-order valence-corrected chi connectivity index (χ3v) is 4.71. The molecule has 0 aliphatic rings. The van der Waals surface area contributed by atoms with Crippen molar-refractivity contribution in [2.45, 2.75) is 20.0 Å². The number of carboxylic acid groups (broad SMARTS) is 1. The minimum Gasteiger partial charge on any atom is -0.486 e. The Morgan fingerprint density at radius 1 is 0.906 bits per heavy atom. The van der Waals surface area contributed by atoms with Gasteiger partial charge in [0, 0.05) is 5.69 Å². The van der Waals surface area contributed by atoms with Gasteiger partial charge in [0.2, 0.25) is 0 Å². The van der Waals surface area contributed by atoms with Gasteiger partial charge < -0.3 is 15.2 Å². The molecule has 0 bridgehead atoms. The minimum absolute atomic E-state index is 0.0769. The number of nitrogens with one attached hydrogen (secondary N) is 1. The van der Waals surface area contributed by atoms with Crippen molar-refractivity contribution in [3.63, 3.8) is 0 Å². The number of carbonyl (C=O) groups excluding carboxylic acids is 1. The molecule has 0 heterocycles. The first-order valence-corrected chi connectivity index (χ1v) is 9.34. The molecule has 0 radical (unpaired) electrons. The number of carbonyl (C=O) groups is 2. The highest BCUT2D eigenvalue weighted by Gasteiger charge is 2.32. The quantitative estimate of drug-likeness (QED) is 0.291. The minimum atomic E-state index is -2.32. The Morgan fingerprint density at radius 2 is 1.50 bits per heavy atom. The van der Waals surface area contributed by atoms with Gasteiger partial charge in [-0.1, -0.05) is 30.3 Å². The maximum atomic E-state index is 14.1. The van der Waals surface area contributed by atoms with Crippen molar-refractivity contribution >= 4 is 17.6 Å². The molecule has 0 aliphatic heterocycles. The van der Waals surface area contributed by atoms with E-state index in [0.717, 1.165) is 5.56 Å². The number of aromatic carboxylic acids is 1. The van der Waals surface area contributed by atoms with Crippen molar-refractivity contribution < 1.29 is 37.0 Å². The second-order valence-electron chi connectivity index (χ2n) is 6.92. The fourth-order valence-corrected chi connectivity index (χ4v) is 3.08. The summed E-state index contributed by atoms with van der Waals surface area (Å²) in [7, 11) is 0. The second kappa shape index (κ2) is 9.09. The van der Waals surface area contributed by atoms with Crippen LogP contribution >= 0.6 is 0 Å². The molecule has 0 aliphatic carbocycles. The molecule has 1 amide bonds. The van der Waals surface area contributed by atoms with E-state index in [2.05, 4.69) is 5.32 Å². The van der Waals surface area contributed by atoms with E-state index in [-0.39, 0.29) is 11.8 Å². The molecule has 3 rings (SSSR count). The summed E-state index contributed by atoms with van der Waals surface area (Å²) in [6, 6.07) is 13.7. The standard InChI is InChI=1S/C23H17F4NO4/c1-11-10-14(8-9-15(11)32-12(2)13-6-4-3-5-7-13)28-22(29)16-17(23(30)31)19(25)21(27)20(26)18(16)24/h3-10,12H,1-2H3,(H,28,29)(H,30,31). The Hall–Kier alpha value is -3.88. The summed E-state index contributed by atoms with van der Waals surface area (Å²) in [6.45, 7) is 3.52. The van der Waals surface area contributed by atoms with E-state index < -0.39 is 46.3 Å². The number of anilines is 1. The molecule has 0 fully saturated rings. The number of aryl methyl sites for hydroxylation is 1. The van der Waals surface area contributed by atoms with Gasteiger partial charge in [0.1, 0.15) is 17.4 Å². The smallest absolute Gasteiger partial charge is 0.339 e. The van der Waals surface area contributed by atoms with E-state index in [1.54, 1.807) is 6.92 Å². The fourth-order valence-electron chi connectivity index (χ4n) is 3.08. The number of hydrogen-bond donors (Lipinski definition) is 2. The number of benzene rings is 3. The first kappa shape index (κ1) is 22.8. The van der Waals surface area contributed by atoms with Crippen LogP contribution in [0, 0.1) is 30.2 Å². The Kier molecular flexibility index (Phi) is 6.47. The summed E-state index contributed by atoms with van der Waals surface area (Å²) in [6.07, 6.45) is -0.285. The van der Waals surface area contributed by atoms with Crippen molar-refractivity contribution in [3.8, 4) is 5.75 Å². The number of rotatable bonds is 6. The van der Waals surface area contributed by atoms with Gasteiger partial charge in [-0.2, -0.15) is 0 Å². The molecule has 3 aromatic rings. The molecule has 1 atom stereocenters. The third-order valence-electron chi connectivity index (χ3n) is 4.71. The first-order valence-electron chi connectivity index (χ1n) is 9.34. The Bertz CT molecular complexity index is 1200. The molecular formula is C23H17F4NO4. The molecule has 9 heteroatoms. The number of ether oxygens (including phenoxy) is 1. The van der Waals surface area contributed by atoms with Gasteiger partial charge in [0.25, 0.3) is 5.91 Å². The van der Waals surface area contributed by atoms with Crippen LogP contribution in [0.3, 0.4) is 0 Å². The van der Waals surface area contributed by atoms with E-state index in [4.69, 9.17) is 9.84 Å². The normalized spacial score (nSPS) is 11.7. The van der Waals surface area contributed by atoms with E-state index in [1.807, 2.05) is 37.3 Å². The lowest BCUT2D eigenvalue weighted by atomic mass is 10.0. The lowest BCUT2D eigenvalue weighted by Crippen LogP contribution is -2.22. The lowest BCUT2D eigenvalue weighted by Gasteiger charge is -2.18. The van der Waals surface area contributed by atoms with Gasteiger partial charge in [-0.05, 0) is 43.2 Å². The van der Waals surface area contributed by atoms with Crippen LogP contribution in [0.15, 0.2) is 48.5 Å². The summed E-state index contributed by atoms with van der Waals surface area (Å²) in [4.78, 5) is 23.7. The average Bonchev–Trinajstić information content (AvgIpc) is 2.76. The summed E-state index contributed by atoms with van der Waals surface area (Å²) >= 11 is 0.